The van der Waals surface area contributed by atoms with E-state index in [0.29, 0.717) is 10.8 Å². The molecule has 1 amide bonds. The number of hydrogen-bond donors (Lipinski definition) is 2. The molecular weight excluding hydrogens is 395 g/mol. The predicted molar refractivity (Wildman–Crippen MR) is 99.9 cm³/mol. The molecule has 1 aliphatic rings. The number of nitrogens with one attached hydrogen (secondary N) is 1. The molecule has 2 N–H and O–H groups in total. The molecule has 3 rings (SSSR count). The number of benzene rings is 1. The van der Waals surface area contributed by atoms with Gasteiger partial charge >= 0.3 is 5.97 Å². The number of imidazole rings is 1. The predicted octanol–water partition coefficient (Wildman–Crippen LogP) is 1.85. The van der Waals surface area contributed by atoms with Crippen LogP contribution in [0.3, 0.4) is 0 Å². The van der Waals surface area contributed by atoms with Gasteiger partial charge in [0.25, 0.3) is 5.91 Å². The summed E-state index contributed by atoms with van der Waals surface area (Å²) in [6.45, 7) is 0.00928. The Morgan fingerprint density at radius 3 is 2.59 bits per heavy atom. The number of ether oxygens (including phenoxy) is 1. The number of β-amino-alcohol motifs (C(OH)–C–C–N with tert-alkyl or cyclic N) is 1. The number of halogens is 2. The fourth-order valence-electron chi connectivity index (χ4n) is 2.69. The Bertz CT molecular complexity index is 908. The van der Waals surface area contributed by atoms with Crippen molar-refractivity contribution in [1.29, 1.82) is 0 Å². The zero-order valence-corrected chi connectivity index (χ0v) is 15.8. The van der Waals surface area contributed by atoms with E-state index in [1.807, 2.05) is 0 Å². The third kappa shape index (κ3) is 3.78. The molecule has 0 saturated heterocycles. The fraction of sp³-hybridized carbons (Fsp3) is 0.235. The number of aliphatic hydroxyl groups is 1. The maximum absolute atomic E-state index is 12.5. The van der Waals surface area contributed by atoms with Crippen molar-refractivity contribution >= 4 is 40.8 Å². The summed E-state index contributed by atoms with van der Waals surface area (Å²) in [5.74, 6) is -0.972. The lowest BCUT2D eigenvalue weighted by molar-refractivity contribution is -0.136. The number of rotatable bonds is 6. The number of carbonyl (C=O) groups is 2. The van der Waals surface area contributed by atoms with E-state index in [9.17, 15) is 9.59 Å². The molecule has 0 spiro atoms. The second kappa shape index (κ2) is 7.99. The third-order valence-corrected chi connectivity index (χ3v) is 4.77. The molecule has 0 fully saturated rings. The van der Waals surface area contributed by atoms with Gasteiger partial charge in [-0.2, -0.15) is 0 Å². The monoisotopic (exact) mass is 410 g/mol. The number of aromatic nitrogens is 2. The Balaban J connectivity index is 1.85. The van der Waals surface area contributed by atoms with Gasteiger partial charge in [-0.1, -0.05) is 23.2 Å². The van der Waals surface area contributed by atoms with Crippen LogP contribution in [0, 0.1) is 0 Å². The van der Waals surface area contributed by atoms with Crippen LogP contribution in [0.2, 0.25) is 10.3 Å². The normalized spacial score (nSPS) is 14.1. The van der Waals surface area contributed by atoms with Gasteiger partial charge < -0.3 is 20.1 Å². The molecule has 1 aliphatic heterocycles. The number of aliphatic hydroxyl groups excluding tert-OH is 1. The quantitative estimate of drug-likeness (QED) is 0.705. The Labute approximate surface area is 164 Å². The topological polar surface area (TPSA) is 96.7 Å². The second-order valence-electron chi connectivity index (χ2n) is 5.66. The summed E-state index contributed by atoms with van der Waals surface area (Å²) in [4.78, 5) is 29.8. The average molecular weight is 411 g/mol. The van der Waals surface area contributed by atoms with Crippen molar-refractivity contribution in [3.05, 3.63) is 52.2 Å². The first-order chi connectivity index (χ1) is 13.0. The maximum atomic E-state index is 12.5. The Morgan fingerprint density at radius 1 is 1.33 bits per heavy atom. The molecule has 0 atom stereocenters. The molecule has 2 heterocycles. The third-order valence-electron chi connectivity index (χ3n) is 4.04. The van der Waals surface area contributed by atoms with E-state index < -0.39 is 5.97 Å². The van der Waals surface area contributed by atoms with Crippen LogP contribution in [0.25, 0.3) is 5.69 Å². The summed E-state index contributed by atoms with van der Waals surface area (Å²) in [5.41, 5.74) is 1.67. The molecule has 27 heavy (non-hydrogen) atoms. The first kappa shape index (κ1) is 19.2. The van der Waals surface area contributed by atoms with E-state index in [1.54, 1.807) is 28.8 Å². The van der Waals surface area contributed by atoms with Crippen LogP contribution in [0.15, 0.2) is 41.9 Å². The molecule has 0 bridgehead atoms. The van der Waals surface area contributed by atoms with Gasteiger partial charge in [0.2, 0.25) is 0 Å². The minimum atomic E-state index is -0.595. The van der Waals surface area contributed by atoms with E-state index >= 15 is 0 Å². The van der Waals surface area contributed by atoms with Crippen LogP contribution >= 0.6 is 23.2 Å². The highest BCUT2D eigenvalue weighted by atomic mass is 35.5. The highest BCUT2D eigenvalue weighted by molar-refractivity contribution is 6.40. The maximum Gasteiger partial charge on any atom is 0.337 e. The summed E-state index contributed by atoms with van der Waals surface area (Å²) < 4.78 is 6.36. The Morgan fingerprint density at radius 2 is 2.04 bits per heavy atom. The van der Waals surface area contributed by atoms with E-state index in [1.165, 1.54) is 18.3 Å². The highest BCUT2D eigenvalue weighted by Crippen LogP contribution is 2.26. The van der Waals surface area contributed by atoms with Gasteiger partial charge in [-0.15, -0.1) is 0 Å². The van der Waals surface area contributed by atoms with Crippen LogP contribution < -0.4 is 5.32 Å². The Hall–Kier alpha value is -2.55. The summed E-state index contributed by atoms with van der Waals surface area (Å²) in [5, 5.41) is 12.5. The SMILES string of the molecule is COC(=O)C1=C(Nc2ccc(-n3cnc(Cl)c3Cl)cc2)C(=O)N(CCO)C1. The molecule has 10 heteroatoms. The summed E-state index contributed by atoms with van der Waals surface area (Å²) in [6, 6.07) is 6.97. The van der Waals surface area contributed by atoms with Gasteiger partial charge in [-0.3, -0.25) is 9.36 Å². The fourth-order valence-corrected chi connectivity index (χ4v) is 3.02. The molecule has 1 aromatic carbocycles. The van der Waals surface area contributed by atoms with Gasteiger partial charge in [0, 0.05) is 17.9 Å². The molecule has 0 aliphatic carbocycles. The standard InChI is InChI=1S/C17H16Cl2N4O4/c1-27-17(26)12-8-22(6-7-24)16(25)13(12)21-10-2-4-11(5-3-10)23-9-20-14(18)15(23)19/h2-5,9,21,24H,6-8H2,1H3. The van der Waals surface area contributed by atoms with Gasteiger partial charge in [-0.25, -0.2) is 9.78 Å². The van der Waals surface area contributed by atoms with Crippen LogP contribution in [0.4, 0.5) is 5.69 Å². The molecule has 0 unspecified atom stereocenters. The highest BCUT2D eigenvalue weighted by Gasteiger charge is 2.34. The van der Waals surface area contributed by atoms with Gasteiger partial charge in [0.1, 0.15) is 12.0 Å². The smallest absolute Gasteiger partial charge is 0.337 e. The molecule has 0 saturated carbocycles. The van der Waals surface area contributed by atoms with E-state index in [4.69, 9.17) is 33.0 Å². The van der Waals surface area contributed by atoms with Crippen LogP contribution in [0.5, 0.6) is 0 Å². The number of anilines is 1. The number of methoxy groups -OCH3 is 1. The summed E-state index contributed by atoms with van der Waals surface area (Å²) >= 11 is 11.9. The number of carbonyl (C=O) groups excluding carboxylic acids is 2. The number of hydrogen-bond acceptors (Lipinski definition) is 6. The van der Waals surface area contributed by atoms with Crippen molar-refractivity contribution in [2.75, 3.05) is 32.1 Å². The first-order valence-electron chi connectivity index (χ1n) is 7.93. The Kier molecular flexibility index (Phi) is 5.69. The number of nitrogens with zero attached hydrogens (tertiary/aromatic N) is 3. The lowest BCUT2D eigenvalue weighted by Gasteiger charge is -2.15. The number of esters is 1. The molecular formula is C17H16Cl2N4O4. The largest absolute Gasteiger partial charge is 0.466 e. The summed E-state index contributed by atoms with van der Waals surface area (Å²) in [7, 11) is 1.25. The molecule has 142 valence electrons. The van der Waals surface area contributed by atoms with E-state index in [0.717, 1.165) is 5.69 Å². The van der Waals surface area contributed by atoms with Crippen molar-refractivity contribution < 1.29 is 19.4 Å². The molecule has 0 radical (unpaired) electrons. The zero-order valence-electron chi connectivity index (χ0n) is 14.3. The van der Waals surface area contributed by atoms with Crippen molar-refractivity contribution in [2.24, 2.45) is 0 Å². The van der Waals surface area contributed by atoms with E-state index in [-0.39, 0.29) is 42.0 Å². The first-order valence-corrected chi connectivity index (χ1v) is 8.69. The van der Waals surface area contributed by atoms with Gasteiger partial charge in [0.05, 0.1) is 25.8 Å². The van der Waals surface area contributed by atoms with E-state index in [2.05, 4.69) is 10.3 Å². The molecule has 1 aromatic heterocycles. The lowest BCUT2D eigenvalue weighted by atomic mass is 10.2. The van der Waals surface area contributed by atoms with Crippen LogP contribution in [-0.2, 0) is 14.3 Å². The van der Waals surface area contributed by atoms with Crippen LogP contribution in [0.1, 0.15) is 0 Å². The minimum Gasteiger partial charge on any atom is -0.466 e. The van der Waals surface area contributed by atoms with Crippen molar-refractivity contribution in [3.8, 4) is 5.69 Å². The minimum absolute atomic E-state index is 0.0790. The van der Waals surface area contributed by atoms with Crippen LogP contribution in [-0.4, -0.2) is 58.2 Å². The molecule has 8 nitrogen and oxygen atoms in total. The van der Waals surface area contributed by atoms with Crippen molar-refractivity contribution in [1.82, 2.24) is 14.5 Å². The van der Waals surface area contributed by atoms with Crippen molar-refractivity contribution in [2.45, 2.75) is 0 Å². The van der Waals surface area contributed by atoms with Crippen molar-refractivity contribution in [3.63, 3.8) is 0 Å². The zero-order chi connectivity index (χ0) is 19.6. The number of amides is 1. The molecule has 2 aromatic rings. The van der Waals surface area contributed by atoms with Gasteiger partial charge in [0.15, 0.2) is 10.3 Å². The van der Waals surface area contributed by atoms with Gasteiger partial charge in [-0.05, 0) is 24.3 Å². The summed E-state index contributed by atoms with van der Waals surface area (Å²) in [6.07, 6.45) is 1.50. The lowest BCUT2D eigenvalue weighted by Crippen LogP contribution is -2.31. The average Bonchev–Trinajstić information content (AvgIpc) is 3.16. The second-order valence-corrected chi connectivity index (χ2v) is 6.38.